The minimum absolute atomic E-state index is 0.319. The smallest absolute Gasteiger partial charge is 0.434 e. The van der Waals surface area contributed by atoms with Gasteiger partial charge in [-0.05, 0) is 33.6 Å². The Morgan fingerprint density at radius 3 is 2.40 bits per heavy atom. The molecule has 0 aliphatic rings. The van der Waals surface area contributed by atoms with Crippen molar-refractivity contribution >= 4 is 6.09 Å². The third-order valence-corrected chi connectivity index (χ3v) is 1.46. The molecule has 90 valence electrons. The molecule has 0 heterocycles. The quantitative estimate of drug-likeness (QED) is 0.528. The molecule has 0 unspecified atom stereocenters. The summed E-state index contributed by atoms with van der Waals surface area (Å²) >= 11 is 0. The second-order valence-corrected chi connectivity index (χ2v) is 4.21. The van der Waals surface area contributed by atoms with Crippen LogP contribution in [-0.4, -0.2) is 37.1 Å². The average Bonchev–Trinajstić information content (AvgIpc) is 2.09. The van der Waals surface area contributed by atoms with Gasteiger partial charge in [-0.3, -0.25) is 9.23 Å². The fourth-order valence-electron chi connectivity index (χ4n) is 0.777. The highest BCUT2D eigenvalue weighted by atomic mass is 18.2. The molecule has 0 aromatic heterocycles. The van der Waals surface area contributed by atoms with Crippen LogP contribution in [0.4, 0.5) is 9.18 Å². The SMILES string of the molecule is CN(OCCCC[18F])C(=O)OC(C)(C)C. The Balaban J connectivity index is 3.70. The Hall–Kier alpha value is -0.840. The second kappa shape index (κ2) is 6.61. The summed E-state index contributed by atoms with van der Waals surface area (Å²) in [5.41, 5.74) is -0.534. The van der Waals surface area contributed by atoms with E-state index in [-0.39, 0.29) is 6.67 Å². The van der Waals surface area contributed by atoms with Gasteiger partial charge in [0.15, 0.2) is 0 Å². The molecule has 0 saturated carbocycles. The lowest BCUT2D eigenvalue weighted by molar-refractivity contribution is -0.132. The summed E-state index contributed by atoms with van der Waals surface area (Å²) in [6.07, 6.45) is 0.494. The number of hydrogen-bond donors (Lipinski definition) is 0. The zero-order valence-electron chi connectivity index (χ0n) is 9.88. The zero-order valence-corrected chi connectivity index (χ0v) is 9.88. The van der Waals surface area contributed by atoms with Gasteiger partial charge >= 0.3 is 6.09 Å². The molecule has 0 bridgehead atoms. The molecule has 0 aliphatic heterocycles. The summed E-state index contributed by atoms with van der Waals surface area (Å²) in [6, 6.07) is 0. The van der Waals surface area contributed by atoms with Gasteiger partial charge in [0.2, 0.25) is 0 Å². The molecule has 0 spiro atoms. The zero-order chi connectivity index (χ0) is 11.9. The Morgan fingerprint density at radius 2 is 1.93 bits per heavy atom. The number of halogens is 1. The lowest BCUT2D eigenvalue weighted by Crippen LogP contribution is -2.34. The molecule has 0 rings (SSSR count). The number of rotatable bonds is 5. The standard InChI is InChI=1S/C10H20FNO3/c1-10(2,3)15-9(13)12(4)14-8-6-5-7-11/h5-8H2,1-4H3/i11-1. The average molecular weight is 220 g/mol. The van der Waals surface area contributed by atoms with Gasteiger partial charge in [-0.15, -0.1) is 0 Å². The molecule has 0 N–H and O–H groups in total. The van der Waals surface area contributed by atoms with Crippen molar-refractivity contribution in [3.63, 3.8) is 0 Å². The molecule has 1 amide bonds. The van der Waals surface area contributed by atoms with Crippen LogP contribution in [0.25, 0.3) is 0 Å². The molecule has 4 nitrogen and oxygen atoms in total. The molecule has 0 atom stereocenters. The van der Waals surface area contributed by atoms with Crippen LogP contribution in [0, 0.1) is 0 Å². The lowest BCUT2D eigenvalue weighted by atomic mass is 10.2. The third-order valence-electron chi connectivity index (χ3n) is 1.46. The van der Waals surface area contributed by atoms with Crippen LogP contribution in [-0.2, 0) is 9.57 Å². The Bertz CT molecular complexity index is 192. The fourth-order valence-corrected chi connectivity index (χ4v) is 0.777. The van der Waals surface area contributed by atoms with Crippen molar-refractivity contribution in [3.05, 3.63) is 0 Å². The minimum atomic E-state index is -0.539. The summed E-state index contributed by atoms with van der Waals surface area (Å²) in [5.74, 6) is 0. The van der Waals surface area contributed by atoms with E-state index in [9.17, 15) is 9.18 Å². The topological polar surface area (TPSA) is 38.8 Å². The Kier molecular flexibility index (Phi) is 6.24. The lowest BCUT2D eigenvalue weighted by Gasteiger charge is -2.23. The normalized spacial score (nSPS) is 11.3. The van der Waals surface area contributed by atoms with E-state index < -0.39 is 11.7 Å². The predicted molar refractivity (Wildman–Crippen MR) is 55.2 cm³/mol. The van der Waals surface area contributed by atoms with Crippen molar-refractivity contribution in [1.29, 1.82) is 0 Å². The van der Waals surface area contributed by atoms with Gasteiger partial charge in [-0.1, -0.05) is 0 Å². The highest BCUT2D eigenvalue weighted by Gasteiger charge is 2.19. The van der Waals surface area contributed by atoms with Crippen molar-refractivity contribution in [3.8, 4) is 0 Å². The second-order valence-electron chi connectivity index (χ2n) is 4.21. The van der Waals surface area contributed by atoms with E-state index in [2.05, 4.69) is 0 Å². The first-order chi connectivity index (χ1) is 6.87. The van der Waals surface area contributed by atoms with Crippen molar-refractivity contribution in [2.24, 2.45) is 0 Å². The van der Waals surface area contributed by atoms with Crippen molar-refractivity contribution in [2.45, 2.75) is 39.2 Å². The molecule has 0 aliphatic carbocycles. The molecule has 15 heavy (non-hydrogen) atoms. The van der Waals surface area contributed by atoms with Gasteiger partial charge in [0.1, 0.15) is 5.60 Å². The number of ether oxygens (including phenoxy) is 1. The highest BCUT2D eigenvalue weighted by molar-refractivity contribution is 5.66. The summed E-state index contributed by atoms with van der Waals surface area (Å²) in [6.45, 7) is 5.30. The van der Waals surface area contributed by atoms with Crippen LogP contribution in [0.2, 0.25) is 0 Å². The predicted octanol–water partition coefficient (Wildman–Crippen LogP) is 2.53. The van der Waals surface area contributed by atoms with Gasteiger partial charge in [-0.2, -0.15) is 5.06 Å². The third kappa shape index (κ3) is 8.17. The number of amides is 1. The first kappa shape index (κ1) is 14.2. The van der Waals surface area contributed by atoms with Gasteiger partial charge in [0.05, 0.1) is 13.3 Å². The van der Waals surface area contributed by atoms with Gasteiger partial charge in [0.25, 0.3) is 0 Å². The van der Waals surface area contributed by atoms with E-state index in [0.29, 0.717) is 19.4 Å². The first-order valence-corrected chi connectivity index (χ1v) is 5.02. The molecule has 0 saturated heterocycles. The summed E-state index contributed by atoms with van der Waals surface area (Å²) in [5, 5.41) is 1.03. The minimum Gasteiger partial charge on any atom is -0.442 e. The number of hydroxylamine groups is 2. The van der Waals surface area contributed by atoms with Crippen LogP contribution >= 0.6 is 0 Å². The van der Waals surface area contributed by atoms with E-state index in [4.69, 9.17) is 9.57 Å². The van der Waals surface area contributed by atoms with Gasteiger partial charge < -0.3 is 4.74 Å². The van der Waals surface area contributed by atoms with Crippen LogP contribution in [0.15, 0.2) is 0 Å². The first-order valence-electron chi connectivity index (χ1n) is 5.02. The van der Waals surface area contributed by atoms with Crippen molar-refractivity contribution < 1.29 is 18.8 Å². The van der Waals surface area contributed by atoms with Crippen LogP contribution in [0.5, 0.6) is 0 Å². The molecular weight excluding hydrogens is 200 g/mol. The summed E-state index contributed by atoms with van der Waals surface area (Å²) in [7, 11) is 1.48. The van der Waals surface area contributed by atoms with Gasteiger partial charge in [-0.25, -0.2) is 4.79 Å². The number of hydrogen-bond acceptors (Lipinski definition) is 3. The van der Waals surface area contributed by atoms with E-state index in [1.807, 2.05) is 0 Å². The molecule has 0 aromatic rings. The number of alkyl halides is 1. The fraction of sp³-hybridized carbons (Fsp3) is 0.900. The van der Waals surface area contributed by atoms with Crippen LogP contribution < -0.4 is 0 Å². The Labute approximate surface area is 90.3 Å². The van der Waals surface area contributed by atoms with Crippen LogP contribution in [0.1, 0.15) is 33.6 Å². The van der Waals surface area contributed by atoms with Crippen molar-refractivity contribution in [2.75, 3.05) is 20.3 Å². The van der Waals surface area contributed by atoms with E-state index in [1.54, 1.807) is 20.8 Å². The number of nitrogens with zero attached hydrogens (tertiary/aromatic N) is 1. The van der Waals surface area contributed by atoms with E-state index in [0.717, 1.165) is 5.06 Å². The maximum Gasteiger partial charge on any atom is 0.434 e. The monoisotopic (exact) mass is 220 g/mol. The molecular formula is C10H20FNO3. The van der Waals surface area contributed by atoms with E-state index >= 15 is 0 Å². The molecule has 0 aromatic carbocycles. The molecule has 5 heteroatoms. The van der Waals surface area contributed by atoms with E-state index in [1.165, 1.54) is 7.05 Å². The highest BCUT2D eigenvalue weighted by Crippen LogP contribution is 2.09. The maximum atomic E-state index is 11.7. The summed E-state index contributed by atoms with van der Waals surface area (Å²) < 4.78 is 16.8. The van der Waals surface area contributed by atoms with Crippen molar-refractivity contribution in [1.82, 2.24) is 5.06 Å². The molecule has 0 radical (unpaired) electrons. The Morgan fingerprint density at radius 1 is 1.33 bits per heavy atom. The van der Waals surface area contributed by atoms with Gasteiger partial charge in [0, 0.05) is 7.05 Å². The largest absolute Gasteiger partial charge is 0.442 e. The van der Waals surface area contributed by atoms with Crippen LogP contribution in [0.3, 0.4) is 0 Å². The number of carbonyl (C=O) groups is 1. The maximum absolute atomic E-state index is 11.7. The number of unbranched alkanes of at least 4 members (excludes halogenated alkanes) is 1. The molecule has 0 fully saturated rings. The number of carbonyl (C=O) groups excluding carboxylic acids is 1. The summed E-state index contributed by atoms with van der Waals surface area (Å²) in [4.78, 5) is 16.4.